The first-order valence-electron chi connectivity index (χ1n) is 6.23. The van der Waals surface area contributed by atoms with Crippen LogP contribution in [0, 0.1) is 17.5 Å². The SMILES string of the molecule is Fc1cc(F)c(F)c(NCCCOc2ccccc2)c1. The number of benzene rings is 2. The summed E-state index contributed by atoms with van der Waals surface area (Å²) < 4.78 is 44.7. The van der Waals surface area contributed by atoms with Crippen molar-refractivity contribution in [1.82, 2.24) is 0 Å². The fourth-order valence-corrected chi connectivity index (χ4v) is 1.69. The standard InChI is InChI=1S/C15H14F3NO/c16-11-9-13(17)15(18)14(10-11)19-7-4-8-20-12-5-2-1-3-6-12/h1-3,5-6,9-10,19H,4,7-8H2. The van der Waals surface area contributed by atoms with Crippen LogP contribution in [-0.2, 0) is 0 Å². The second-order valence-corrected chi connectivity index (χ2v) is 4.19. The van der Waals surface area contributed by atoms with Gasteiger partial charge in [-0.15, -0.1) is 0 Å². The number of rotatable bonds is 6. The summed E-state index contributed by atoms with van der Waals surface area (Å²) >= 11 is 0. The summed E-state index contributed by atoms with van der Waals surface area (Å²) in [4.78, 5) is 0. The fourth-order valence-electron chi connectivity index (χ4n) is 1.69. The molecule has 0 fully saturated rings. The van der Waals surface area contributed by atoms with Crippen LogP contribution in [0.1, 0.15) is 6.42 Å². The Hall–Kier alpha value is -2.17. The Kier molecular flexibility index (Phi) is 4.87. The van der Waals surface area contributed by atoms with Gasteiger partial charge in [-0.2, -0.15) is 0 Å². The van der Waals surface area contributed by atoms with E-state index < -0.39 is 17.5 Å². The highest BCUT2D eigenvalue weighted by molar-refractivity contribution is 5.45. The third-order valence-corrected chi connectivity index (χ3v) is 2.64. The predicted molar refractivity (Wildman–Crippen MR) is 71.4 cm³/mol. The first-order valence-corrected chi connectivity index (χ1v) is 6.23. The molecule has 2 nitrogen and oxygen atoms in total. The maximum Gasteiger partial charge on any atom is 0.182 e. The molecule has 0 unspecified atom stereocenters. The van der Waals surface area contributed by atoms with Crippen LogP contribution in [0.2, 0.25) is 0 Å². The van der Waals surface area contributed by atoms with Crippen molar-refractivity contribution >= 4 is 5.69 Å². The lowest BCUT2D eigenvalue weighted by molar-refractivity contribution is 0.315. The van der Waals surface area contributed by atoms with Gasteiger partial charge in [0.1, 0.15) is 11.6 Å². The van der Waals surface area contributed by atoms with Crippen molar-refractivity contribution in [2.75, 3.05) is 18.5 Å². The van der Waals surface area contributed by atoms with Gasteiger partial charge >= 0.3 is 0 Å². The summed E-state index contributed by atoms with van der Waals surface area (Å²) in [6.07, 6.45) is 0.576. The summed E-state index contributed by atoms with van der Waals surface area (Å²) in [7, 11) is 0. The molecule has 0 atom stereocenters. The van der Waals surface area contributed by atoms with E-state index in [9.17, 15) is 13.2 Å². The molecule has 20 heavy (non-hydrogen) atoms. The molecule has 0 aromatic heterocycles. The lowest BCUT2D eigenvalue weighted by Crippen LogP contribution is -2.09. The van der Waals surface area contributed by atoms with E-state index >= 15 is 0 Å². The average Bonchev–Trinajstić information content (AvgIpc) is 2.44. The first-order chi connectivity index (χ1) is 9.66. The molecular formula is C15H14F3NO. The van der Waals surface area contributed by atoms with Crippen molar-refractivity contribution < 1.29 is 17.9 Å². The number of hydrogen-bond donors (Lipinski definition) is 1. The second kappa shape index (κ2) is 6.84. The monoisotopic (exact) mass is 281 g/mol. The largest absolute Gasteiger partial charge is 0.494 e. The van der Waals surface area contributed by atoms with Crippen molar-refractivity contribution in [3.05, 3.63) is 59.9 Å². The van der Waals surface area contributed by atoms with E-state index in [0.717, 1.165) is 11.8 Å². The molecule has 106 valence electrons. The van der Waals surface area contributed by atoms with E-state index in [2.05, 4.69) is 5.32 Å². The highest BCUT2D eigenvalue weighted by atomic mass is 19.2. The van der Waals surface area contributed by atoms with Crippen LogP contribution in [0.3, 0.4) is 0 Å². The van der Waals surface area contributed by atoms with Gasteiger partial charge in [-0.05, 0) is 18.6 Å². The van der Waals surface area contributed by atoms with Crippen molar-refractivity contribution in [2.24, 2.45) is 0 Å². The third kappa shape index (κ3) is 3.91. The number of ether oxygens (including phenoxy) is 1. The Balaban J connectivity index is 1.76. The van der Waals surface area contributed by atoms with Crippen LogP contribution in [0.15, 0.2) is 42.5 Å². The Morgan fingerprint density at radius 3 is 2.50 bits per heavy atom. The number of halogens is 3. The van der Waals surface area contributed by atoms with Crippen LogP contribution in [0.25, 0.3) is 0 Å². The highest BCUT2D eigenvalue weighted by Gasteiger charge is 2.10. The van der Waals surface area contributed by atoms with E-state index in [1.165, 1.54) is 0 Å². The molecule has 0 bridgehead atoms. The van der Waals surface area contributed by atoms with Crippen molar-refractivity contribution in [3.8, 4) is 5.75 Å². The minimum atomic E-state index is -1.20. The van der Waals surface area contributed by atoms with E-state index in [1.54, 1.807) is 0 Å². The zero-order valence-electron chi connectivity index (χ0n) is 10.7. The molecule has 0 amide bonds. The minimum absolute atomic E-state index is 0.179. The first kappa shape index (κ1) is 14.2. The van der Waals surface area contributed by atoms with Gasteiger partial charge in [0.2, 0.25) is 0 Å². The topological polar surface area (TPSA) is 21.3 Å². The summed E-state index contributed by atoms with van der Waals surface area (Å²) in [5.74, 6) is -2.34. The summed E-state index contributed by atoms with van der Waals surface area (Å²) in [6.45, 7) is 0.781. The third-order valence-electron chi connectivity index (χ3n) is 2.64. The molecule has 0 spiro atoms. The second-order valence-electron chi connectivity index (χ2n) is 4.19. The molecule has 1 N–H and O–H groups in total. The minimum Gasteiger partial charge on any atom is -0.494 e. The molecule has 0 radical (unpaired) electrons. The summed E-state index contributed by atoms with van der Waals surface area (Å²) in [6, 6.07) is 10.7. The molecule has 0 aliphatic rings. The van der Waals surface area contributed by atoms with Gasteiger partial charge in [-0.25, -0.2) is 13.2 Å². The molecule has 5 heteroatoms. The predicted octanol–water partition coefficient (Wildman–Crippen LogP) is 3.98. The quantitative estimate of drug-likeness (QED) is 0.638. The highest BCUT2D eigenvalue weighted by Crippen LogP contribution is 2.19. The van der Waals surface area contributed by atoms with E-state index in [-0.39, 0.29) is 5.69 Å². The van der Waals surface area contributed by atoms with E-state index in [4.69, 9.17) is 4.74 Å². The van der Waals surface area contributed by atoms with Crippen molar-refractivity contribution in [2.45, 2.75) is 6.42 Å². The van der Waals surface area contributed by atoms with E-state index in [0.29, 0.717) is 25.6 Å². The molecule has 0 heterocycles. The van der Waals surface area contributed by atoms with Crippen molar-refractivity contribution in [3.63, 3.8) is 0 Å². The normalized spacial score (nSPS) is 10.3. The van der Waals surface area contributed by atoms with Crippen molar-refractivity contribution in [1.29, 1.82) is 0 Å². The van der Waals surface area contributed by atoms with Gasteiger partial charge in [-0.1, -0.05) is 18.2 Å². The average molecular weight is 281 g/mol. The molecular weight excluding hydrogens is 267 g/mol. The number of hydrogen-bond acceptors (Lipinski definition) is 2. The smallest absolute Gasteiger partial charge is 0.182 e. The maximum atomic E-state index is 13.3. The van der Waals surface area contributed by atoms with Gasteiger partial charge in [0.25, 0.3) is 0 Å². The van der Waals surface area contributed by atoms with E-state index in [1.807, 2.05) is 30.3 Å². The Morgan fingerprint density at radius 1 is 1.00 bits per heavy atom. The van der Waals surface area contributed by atoms with Gasteiger partial charge in [0, 0.05) is 18.7 Å². The van der Waals surface area contributed by atoms with Crippen LogP contribution < -0.4 is 10.1 Å². The molecule has 2 rings (SSSR count). The van der Waals surface area contributed by atoms with Gasteiger partial charge in [0.15, 0.2) is 11.6 Å². The Labute approximate surface area is 115 Å². The van der Waals surface area contributed by atoms with Gasteiger partial charge in [0.05, 0.1) is 12.3 Å². The zero-order valence-corrected chi connectivity index (χ0v) is 10.7. The molecule has 2 aromatic carbocycles. The lowest BCUT2D eigenvalue weighted by Gasteiger charge is -2.09. The maximum absolute atomic E-state index is 13.3. The number of anilines is 1. The van der Waals surface area contributed by atoms with Gasteiger partial charge < -0.3 is 10.1 Å². The van der Waals surface area contributed by atoms with Gasteiger partial charge in [-0.3, -0.25) is 0 Å². The van der Waals surface area contributed by atoms with Crippen LogP contribution in [0.5, 0.6) is 5.75 Å². The fraction of sp³-hybridized carbons (Fsp3) is 0.200. The molecule has 2 aromatic rings. The van der Waals surface area contributed by atoms with Crippen LogP contribution in [-0.4, -0.2) is 13.2 Å². The molecule has 0 saturated carbocycles. The number of nitrogens with one attached hydrogen (secondary N) is 1. The molecule has 0 saturated heterocycles. The zero-order chi connectivity index (χ0) is 14.4. The van der Waals surface area contributed by atoms with Crippen LogP contribution in [0.4, 0.5) is 18.9 Å². The lowest BCUT2D eigenvalue weighted by atomic mass is 10.2. The summed E-state index contributed by atoms with van der Waals surface area (Å²) in [5, 5.41) is 2.65. The molecule has 0 aliphatic carbocycles. The van der Waals surface area contributed by atoms with Crippen LogP contribution >= 0.6 is 0 Å². The summed E-state index contributed by atoms with van der Waals surface area (Å²) in [5.41, 5.74) is -0.179. The Bertz CT molecular complexity index is 561. The Morgan fingerprint density at radius 2 is 1.75 bits per heavy atom. The number of para-hydroxylation sites is 1. The molecule has 0 aliphatic heterocycles.